The number of nitrogens with zero attached hydrogens (tertiary/aromatic N) is 1. The molecule has 0 aromatic carbocycles. The number of hydrogen-bond donors (Lipinski definition) is 4. The van der Waals surface area contributed by atoms with Crippen LogP contribution < -0.4 is 21.7 Å². The van der Waals surface area contributed by atoms with Crippen molar-refractivity contribution in [1.29, 1.82) is 0 Å². The van der Waals surface area contributed by atoms with Crippen LogP contribution in [0.1, 0.15) is 71.6 Å². The van der Waals surface area contributed by atoms with Gasteiger partial charge in [-0.3, -0.25) is 33.7 Å². The molecule has 1 aliphatic heterocycles. The molecular weight excluding hydrogens is 602 g/mol. The average molecular weight is 656 g/mol. The van der Waals surface area contributed by atoms with Crippen LogP contribution in [0.5, 0.6) is 0 Å². The van der Waals surface area contributed by atoms with Crippen LogP contribution in [0.4, 0.5) is 0 Å². The smallest absolute Gasteiger partial charge is 0.242 e. The summed E-state index contributed by atoms with van der Waals surface area (Å²) in [6.45, 7) is 6.59. The molecule has 0 aromatic heterocycles. The summed E-state index contributed by atoms with van der Waals surface area (Å²) in [6.07, 6.45) is 5.10. The van der Waals surface area contributed by atoms with Crippen molar-refractivity contribution in [3.8, 4) is 0 Å². The predicted molar refractivity (Wildman–Crippen MR) is 171 cm³/mol. The molecule has 1 saturated carbocycles. The molecule has 45 heavy (non-hydrogen) atoms. The van der Waals surface area contributed by atoms with Gasteiger partial charge in [0.05, 0.1) is 31.7 Å². The van der Waals surface area contributed by atoms with E-state index >= 15 is 0 Å². The Hall–Kier alpha value is -2.55. The number of Topliss-reactive ketones (excluding diaryl/α,β-unsaturated/α-hetero) is 1. The lowest BCUT2D eigenvalue weighted by molar-refractivity contribution is -0.139. The molecular formula is C31H53N5O8S. The highest BCUT2D eigenvalue weighted by molar-refractivity contribution is 8.00. The Balaban J connectivity index is 1.58. The Labute approximate surface area is 271 Å². The zero-order valence-corrected chi connectivity index (χ0v) is 27.9. The molecule has 3 atom stereocenters. The predicted octanol–water partition coefficient (Wildman–Crippen LogP) is 0.778. The molecule has 5 N–H and O–H groups in total. The van der Waals surface area contributed by atoms with Gasteiger partial charge in [-0.25, -0.2) is 0 Å². The Morgan fingerprint density at radius 2 is 1.69 bits per heavy atom. The minimum atomic E-state index is -0.796. The molecule has 0 bridgehead atoms. The number of thioether (sulfide) groups is 1. The van der Waals surface area contributed by atoms with Crippen molar-refractivity contribution < 1.29 is 38.2 Å². The van der Waals surface area contributed by atoms with Crippen molar-refractivity contribution in [3.63, 3.8) is 0 Å². The number of imide groups is 1. The molecule has 13 nitrogen and oxygen atoms in total. The third-order valence-electron chi connectivity index (χ3n) is 8.30. The number of nitrogens with one attached hydrogen (secondary N) is 3. The Kier molecular flexibility index (Phi) is 18.3. The third kappa shape index (κ3) is 14.6. The zero-order chi connectivity index (χ0) is 33.2. The normalized spacial score (nSPS) is 21.4. The number of unbranched alkanes of at least 4 members (excludes halogenated alkanes) is 1. The van der Waals surface area contributed by atoms with E-state index in [9.17, 15) is 28.8 Å². The number of likely N-dealkylation sites (tertiary alicyclic amines) is 1. The van der Waals surface area contributed by atoms with E-state index < -0.39 is 17.2 Å². The number of hydrogen-bond acceptors (Lipinski definition) is 10. The van der Waals surface area contributed by atoms with Gasteiger partial charge < -0.3 is 31.2 Å². The molecule has 1 unspecified atom stereocenters. The fourth-order valence-corrected chi connectivity index (χ4v) is 6.60. The minimum absolute atomic E-state index is 0.0996. The number of amides is 5. The van der Waals surface area contributed by atoms with Crippen molar-refractivity contribution in [1.82, 2.24) is 20.9 Å². The summed E-state index contributed by atoms with van der Waals surface area (Å²) >= 11 is 1.34. The first-order chi connectivity index (χ1) is 21.5. The standard InChI is InChI=1S/C31H53N5O8S/c1-21(20-45-26-18-28(39)36(31(26)42)19-23-7-9-24(10-8-23)22(2)37)30(41)34-12-5-4-6-25(29(32)40)35-27(38)11-14-43-16-17-44-15-13-33-3/h21,23-26,33H,4-20H2,1-3H3,(H2,32,40)(H,34,41)(H,35,38)/t21-,23?,24?,25+,26?/m1/s1. The van der Waals surface area contributed by atoms with Crippen LogP contribution in [0.15, 0.2) is 0 Å². The van der Waals surface area contributed by atoms with Crippen molar-refractivity contribution in [2.45, 2.75) is 82.9 Å². The van der Waals surface area contributed by atoms with Crippen LogP contribution in [0.3, 0.4) is 0 Å². The van der Waals surface area contributed by atoms with Gasteiger partial charge in [0.15, 0.2) is 0 Å². The highest BCUT2D eigenvalue weighted by atomic mass is 32.2. The summed E-state index contributed by atoms with van der Waals surface area (Å²) < 4.78 is 10.7. The first-order valence-electron chi connectivity index (χ1n) is 16.2. The van der Waals surface area contributed by atoms with Crippen LogP contribution in [-0.4, -0.2) is 110 Å². The van der Waals surface area contributed by atoms with Gasteiger partial charge in [0.25, 0.3) is 0 Å². The van der Waals surface area contributed by atoms with E-state index in [2.05, 4.69) is 16.0 Å². The van der Waals surface area contributed by atoms with E-state index in [1.165, 1.54) is 16.7 Å². The lowest BCUT2D eigenvalue weighted by Crippen LogP contribution is -2.44. The van der Waals surface area contributed by atoms with Gasteiger partial charge in [-0.2, -0.15) is 0 Å². The molecule has 1 heterocycles. The number of carbonyl (C=O) groups excluding carboxylic acids is 6. The fraction of sp³-hybridized carbons (Fsp3) is 0.806. The number of primary amides is 1. The van der Waals surface area contributed by atoms with E-state index in [4.69, 9.17) is 15.2 Å². The van der Waals surface area contributed by atoms with Crippen LogP contribution in [0.25, 0.3) is 0 Å². The highest BCUT2D eigenvalue weighted by Gasteiger charge is 2.40. The molecule has 0 spiro atoms. The molecule has 256 valence electrons. The van der Waals surface area contributed by atoms with Crippen molar-refractivity contribution in [2.24, 2.45) is 23.5 Å². The maximum absolute atomic E-state index is 12.9. The highest BCUT2D eigenvalue weighted by Crippen LogP contribution is 2.33. The maximum atomic E-state index is 12.9. The van der Waals surface area contributed by atoms with Gasteiger partial charge in [-0.05, 0) is 64.8 Å². The fourth-order valence-electron chi connectivity index (χ4n) is 5.39. The molecule has 14 heteroatoms. The Morgan fingerprint density at radius 1 is 1.00 bits per heavy atom. The third-order valence-corrected chi connectivity index (χ3v) is 9.76. The molecule has 1 aliphatic carbocycles. The molecule has 2 fully saturated rings. The molecule has 0 radical (unpaired) electrons. The number of ether oxygens (including phenoxy) is 2. The Morgan fingerprint density at radius 3 is 2.33 bits per heavy atom. The van der Waals surface area contributed by atoms with Gasteiger partial charge in [-0.15, -0.1) is 11.8 Å². The van der Waals surface area contributed by atoms with Crippen LogP contribution in [-0.2, 0) is 38.2 Å². The number of nitrogens with two attached hydrogens (primary N) is 1. The van der Waals surface area contributed by atoms with E-state index in [1.54, 1.807) is 13.8 Å². The first-order valence-corrected chi connectivity index (χ1v) is 17.2. The van der Waals surface area contributed by atoms with Gasteiger partial charge in [-0.1, -0.05) is 6.92 Å². The van der Waals surface area contributed by atoms with E-state index in [0.29, 0.717) is 57.9 Å². The van der Waals surface area contributed by atoms with Gasteiger partial charge >= 0.3 is 0 Å². The second kappa shape index (κ2) is 21.3. The van der Waals surface area contributed by atoms with Crippen LogP contribution >= 0.6 is 11.8 Å². The van der Waals surface area contributed by atoms with Crippen LogP contribution in [0, 0.1) is 17.8 Å². The van der Waals surface area contributed by atoms with Crippen LogP contribution in [0.2, 0.25) is 0 Å². The van der Waals surface area contributed by atoms with Crippen molar-refractivity contribution in [2.75, 3.05) is 58.9 Å². The second-order valence-corrected chi connectivity index (χ2v) is 13.2. The van der Waals surface area contributed by atoms with Gasteiger partial charge in [0.1, 0.15) is 11.8 Å². The lowest BCUT2D eigenvalue weighted by Gasteiger charge is -2.29. The monoisotopic (exact) mass is 655 g/mol. The summed E-state index contributed by atoms with van der Waals surface area (Å²) in [7, 11) is 1.84. The quantitative estimate of drug-likeness (QED) is 0.0905. The summed E-state index contributed by atoms with van der Waals surface area (Å²) in [4.78, 5) is 75.1. The lowest BCUT2D eigenvalue weighted by atomic mass is 9.80. The number of ketones is 1. The summed E-state index contributed by atoms with van der Waals surface area (Å²) in [6, 6.07) is -0.796. The number of likely N-dealkylation sites (N-methyl/N-ethyl adjacent to an activating group) is 1. The largest absolute Gasteiger partial charge is 0.379 e. The van der Waals surface area contributed by atoms with Crippen molar-refractivity contribution >= 4 is 47.1 Å². The second-order valence-electron chi connectivity index (χ2n) is 12.0. The molecule has 2 rings (SSSR count). The van der Waals surface area contributed by atoms with E-state index in [0.717, 1.165) is 32.2 Å². The summed E-state index contributed by atoms with van der Waals surface area (Å²) in [5.41, 5.74) is 5.46. The Bertz CT molecular complexity index is 991. The zero-order valence-electron chi connectivity index (χ0n) is 27.1. The molecule has 2 aliphatic rings. The van der Waals surface area contributed by atoms with Gasteiger partial charge in [0.2, 0.25) is 29.5 Å². The topological polar surface area (TPSA) is 186 Å². The number of rotatable bonds is 23. The average Bonchev–Trinajstić information content (AvgIpc) is 3.27. The summed E-state index contributed by atoms with van der Waals surface area (Å²) in [5, 5.41) is 8.02. The van der Waals surface area contributed by atoms with Gasteiger partial charge in [0, 0.05) is 50.1 Å². The molecule has 0 aromatic rings. The summed E-state index contributed by atoms with van der Waals surface area (Å²) in [5.74, 6) is -0.820. The molecule has 1 saturated heterocycles. The van der Waals surface area contributed by atoms with E-state index in [-0.39, 0.29) is 66.6 Å². The van der Waals surface area contributed by atoms with Crippen molar-refractivity contribution in [3.05, 3.63) is 0 Å². The molecule has 5 amide bonds. The number of carbonyl (C=O) groups is 6. The van der Waals surface area contributed by atoms with E-state index in [1.807, 2.05) is 7.05 Å². The first kappa shape index (κ1) is 38.6. The SMILES string of the molecule is CNCCOCCOCCC(=O)N[C@@H](CCCCNC(=O)[C@H](C)CSC1CC(=O)N(CC2CCC(C(C)=O)CC2)C1=O)C(N)=O. The maximum Gasteiger partial charge on any atom is 0.242 e. The minimum Gasteiger partial charge on any atom is -0.379 e.